The van der Waals surface area contributed by atoms with E-state index in [4.69, 9.17) is 21.0 Å². The number of epoxide rings is 1. The van der Waals surface area contributed by atoms with Crippen molar-refractivity contribution in [2.45, 2.75) is 11.7 Å². The first-order chi connectivity index (χ1) is 9.08. The van der Waals surface area contributed by atoms with Crippen LogP contribution in [0.1, 0.15) is 11.7 Å². The van der Waals surface area contributed by atoms with Crippen molar-refractivity contribution in [2.24, 2.45) is 5.73 Å². The molecule has 0 saturated carbocycles. The van der Waals surface area contributed by atoms with Crippen LogP contribution in [0.4, 0.5) is 4.39 Å². The number of ether oxygens (including phenoxy) is 1. The van der Waals surface area contributed by atoms with Crippen LogP contribution in [0.25, 0.3) is 0 Å². The summed E-state index contributed by atoms with van der Waals surface area (Å²) in [5, 5.41) is 26.7. The first kappa shape index (κ1) is 12.6. The zero-order valence-corrected chi connectivity index (χ0v) is 9.59. The highest BCUT2D eigenvalue weighted by Gasteiger charge is 2.61. The van der Waals surface area contributed by atoms with Crippen molar-refractivity contribution < 1.29 is 9.13 Å². The van der Waals surface area contributed by atoms with E-state index in [1.165, 1.54) is 24.3 Å². The van der Waals surface area contributed by atoms with E-state index in [1.807, 2.05) is 6.07 Å². The molecule has 6 heteroatoms. The van der Waals surface area contributed by atoms with E-state index in [0.29, 0.717) is 5.56 Å². The number of nitriles is 3. The third kappa shape index (κ3) is 1.89. The average Bonchev–Trinajstić information content (AvgIpc) is 3.17. The molecule has 92 valence electrons. The predicted molar refractivity (Wildman–Crippen MR) is 61.0 cm³/mol. The molecule has 2 rings (SSSR count). The Balaban J connectivity index is 2.40. The monoisotopic (exact) mass is 254 g/mol. The number of halogens is 1. The quantitative estimate of drug-likeness (QED) is 0.633. The molecule has 1 fully saturated rings. The molecule has 0 aliphatic carbocycles. The highest BCUT2D eigenvalue weighted by Crippen LogP contribution is 2.52. The fraction of sp³-hybridized carbons (Fsp3) is 0.154. The summed E-state index contributed by atoms with van der Waals surface area (Å²) in [5.74, 6) is -0.412. The molecule has 5 nitrogen and oxygen atoms in total. The molecule has 19 heavy (non-hydrogen) atoms. The third-order valence-corrected chi connectivity index (χ3v) is 2.85. The highest BCUT2D eigenvalue weighted by atomic mass is 19.1. The SMILES string of the molecule is N#CC(C#N)=C(N)[C@]1(C#N)O[C@H]1c1ccc(F)cc1. The van der Waals surface area contributed by atoms with Crippen LogP contribution < -0.4 is 5.73 Å². The second-order valence-corrected chi connectivity index (χ2v) is 3.91. The average molecular weight is 254 g/mol. The van der Waals surface area contributed by atoms with E-state index >= 15 is 0 Å². The van der Waals surface area contributed by atoms with Gasteiger partial charge in [0.15, 0.2) is 5.57 Å². The van der Waals surface area contributed by atoms with Crippen molar-refractivity contribution in [3.05, 3.63) is 46.9 Å². The second-order valence-electron chi connectivity index (χ2n) is 3.91. The Hall–Kier alpha value is -2.88. The Morgan fingerprint density at radius 2 is 1.79 bits per heavy atom. The van der Waals surface area contributed by atoms with Gasteiger partial charge in [-0.3, -0.25) is 0 Å². The van der Waals surface area contributed by atoms with Gasteiger partial charge in [0.2, 0.25) is 5.60 Å². The normalized spacial score (nSPS) is 23.6. The van der Waals surface area contributed by atoms with E-state index in [2.05, 4.69) is 0 Å². The van der Waals surface area contributed by atoms with Crippen molar-refractivity contribution in [1.82, 2.24) is 0 Å². The minimum absolute atomic E-state index is 0.214. The zero-order valence-electron chi connectivity index (χ0n) is 9.59. The Morgan fingerprint density at radius 3 is 2.26 bits per heavy atom. The summed E-state index contributed by atoms with van der Waals surface area (Å²) in [7, 11) is 0. The van der Waals surface area contributed by atoms with Crippen LogP contribution in [-0.4, -0.2) is 5.60 Å². The lowest BCUT2D eigenvalue weighted by atomic mass is 9.95. The fourth-order valence-electron chi connectivity index (χ4n) is 1.77. The highest BCUT2D eigenvalue weighted by molar-refractivity contribution is 5.51. The molecule has 0 spiro atoms. The summed E-state index contributed by atoms with van der Waals surface area (Å²) in [6, 6.07) is 10.5. The van der Waals surface area contributed by atoms with Gasteiger partial charge in [0, 0.05) is 0 Å². The molecule has 0 radical (unpaired) electrons. The van der Waals surface area contributed by atoms with E-state index < -0.39 is 17.5 Å². The van der Waals surface area contributed by atoms with Crippen LogP contribution in [0.2, 0.25) is 0 Å². The molecule has 1 aromatic rings. The molecule has 0 aromatic heterocycles. The van der Waals surface area contributed by atoms with E-state index in [0.717, 1.165) is 0 Å². The van der Waals surface area contributed by atoms with E-state index in [1.54, 1.807) is 12.1 Å². The fourth-order valence-corrected chi connectivity index (χ4v) is 1.77. The standard InChI is InChI=1S/C13H7FN4O/c14-10-3-1-8(2-4-10)12-13(7-17,19-12)11(18)9(5-15)6-16/h1-4,12H,18H2/t12-,13-/m0/s1. The molecule has 0 bridgehead atoms. The van der Waals surface area contributed by atoms with Gasteiger partial charge in [0.25, 0.3) is 0 Å². The van der Waals surface area contributed by atoms with Gasteiger partial charge in [0.1, 0.15) is 30.1 Å². The number of allylic oxidation sites excluding steroid dienone is 1. The smallest absolute Gasteiger partial charge is 0.227 e. The summed E-state index contributed by atoms with van der Waals surface area (Å²) in [4.78, 5) is 0. The molecule has 2 atom stereocenters. The number of nitrogens with two attached hydrogens (primary N) is 1. The molecule has 0 unspecified atom stereocenters. The largest absolute Gasteiger partial charge is 0.397 e. The maximum Gasteiger partial charge on any atom is 0.227 e. The van der Waals surface area contributed by atoms with Gasteiger partial charge in [-0.1, -0.05) is 12.1 Å². The van der Waals surface area contributed by atoms with Crippen LogP contribution >= 0.6 is 0 Å². The van der Waals surface area contributed by atoms with Gasteiger partial charge >= 0.3 is 0 Å². The lowest BCUT2D eigenvalue weighted by molar-refractivity contribution is 0.356. The first-order valence-electron chi connectivity index (χ1n) is 5.24. The topological polar surface area (TPSA) is 110 Å². The van der Waals surface area contributed by atoms with Crippen molar-refractivity contribution >= 4 is 0 Å². The maximum atomic E-state index is 12.8. The van der Waals surface area contributed by atoms with E-state index in [-0.39, 0.29) is 11.3 Å². The number of hydrogen-bond acceptors (Lipinski definition) is 5. The Bertz CT molecular complexity index is 659. The summed E-state index contributed by atoms with van der Waals surface area (Å²) in [6.07, 6.45) is -0.699. The van der Waals surface area contributed by atoms with Crippen molar-refractivity contribution in [3.63, 3.8) is 0 Å². The van der Waals surface area contributed by atoms with Crippen molar-refractivity contribution in [1.29, 1.82) is 15.8 Å². The lowest BCUT2D eigenvalue weighted by Gasteiger charge is -2.04. The Morgan fingerprint density at radius 1 is 1.21 bits per heavy atom. The minimum atomic E-state index is -1.52. The predicted octanol–water partition coefficient (Wildman–Crippen LogP) is 1.42. The molecule has 1 aromatic carbocycles. The molecule has 1 heterocycles. The van der Waals surface area contributed by atoms with Gasteiger partial charge in [-0.2, -0.15) is 15.8 Å². The third-order valence-electron chi connectivity index (χ3n) is 2.85. The van der Waals surface area contributed by atoms with Gasteiger partial charge in [-0.05, 0) is 17.7 Å². The van der Waals surface area contributed by atoms with Crippen LogP contribution in [0.15, 0.2) is 35.5 Å². The van der Waals surface area contributed by atoms with E-state index in [9.17, 15) is 9.65 Å². The Labute approximate surface area is 108 Å². The molecule has 1 aliphatic heterocycles. The van der Waals surface area contributed by atoms with Crippen molar-refractivity contribution in [3.8, 4) is 18.2 Å². The molecule has 1 saturated heterocycles. The molecular weight excluding hydrogens is 247 g/mol. The summed E-state index contributed by atoms with van der Waals surface area (Å²) >= 11 is 0. The lowest BCUT2D eigenvalue weighted by Crippen LogP contribution is -2.22. The number of hydrogen-bond donors (Lipinski definition) is 1. The first-order valence-corrected chi connectivity index (χ1v) is 5.24. The summed E-state index contributed by atoms with van der Waals surface area (Å²) < 4.78 is 18.1. The second kappa shape index (κ2) is 4.42. The number of rotatable bonds is 2. The number of benzene rings is 1. The van der Waals surface area contributed by atoms with Crippen LogP contribution in [0.5, 0.6) is 0 Å². The van der Waals surface area contributed by atoms with Crippen LogP contribution in [-0.2, 0) is 4.74 Å². The maximum absolute atomic E-state index is 12.8. The van der Waals surface area contributed by atoms with Gasteiger partial charge in [0.05, 0.1) is 5.70 Å². The Kier molecular flexibility index (Phi) is 2.92. The number of nitrogens with zero attached hydrogens (tertiary/aromatic N) is 3. The van der Waals surface area contributed by atoms with Crippen LogP contribution in [0, 0.1) is 39.8 Å². The summed E-state index contributed by atoms with van der Waals surface area (Å²) in [6.45, 7) is 0. The minimum Gasteiger partial charge on any atom is -0.397 e. The molecule has 1 aliphatic rings. The van der Waals surface area contributed by atoms with Crippen molar-refractivity contribution in [2.75, 3.05) is 0 Å². The summed E-state index contributed by atoms with van der Waals surface area (Å²) in [5.41, 5.74) is 4.13. The van der Waals surface area contributed by atoms with Gasteiger partial charge in [-0.15, -0.1) is 0 Å². The molecule has 2 N–H and O–H groups in total. The molecular formula is C13H7FN4O. The molecule has 0 amide bonds. The van der Waals surface area contributed by atoms with Crippen LogP contribution in [0.3, 0.4) is 0 Å². The van der Waals surface area contributed by atoms with Gasteiger partial charge < -0.3 is 10.5 Å². The van der Waals surface area contributed by atoms with Gasteiger partial charge in [-0.25, -0.2) is 4.39 Å². The zero-order chi connectivity index (χ0) is 14.0.